The van der Waals surface area contributed by atoms with Crippen LogP contribution >= 0.6 is 15.9 Å². The van der Waals surface area contributed by atoms with Gasteiger partial charge >= 0.3 is 0 Å². The molecule has 1 heterocycles. The van der Waals surface area contributed by atoms with E-state index in [2.05, 4.69) is 32.2 Å². The van der Waals surface area contributed by atoms with E-state index in [0.717, 1.165) is 36.2 Å². The maximum atomic E-state index is 12.8. The zero-order valence-electron chi connectivity index (χ0n) is 13.0. The van der Waals surface area contributed by atoms with Crippen molar-refractivity contribution in [2.75, 3.05) is 33.2 Å². The maximum absolute atomic E-state index is 12.8. The van der Waals surface area contributed by atoms with Crippen molar-refractivity contribution in [1.29, 1.82) is 0 Å². The Morgan fingerprint density at radius 3 is 2.67 bits per heavy atom. The summed E-state index contributed by atoms with van der Waals surface area (Å²) in [6.07, 6.45) is 0. The van der Waals surface area contributed by atoms with Crippen LogP contribution in [0.4, 0.5) is 0 Å². The first kappa shape index (κ1) is 16.5. The molecule has 0 aliphatic carbocycles. The fourth-order valence-corrected chi connectivity index (χ4v) is 3.25. The van der Waals surface area contributed by atoms with E-state index in [1.807, 2.05) is 44.0 Å². The van der Waals surface area contributed by atoms with E-state index in [9.17, 15) is 4.79 Å². The molecule has 1 N–H and O–H groups in total. The number of benzene rings is 1. The fraction of sp³-hybridized carbons (Fsp3) is 0.562. The third-order valence-electron chi connectivity index (χ3n) is 4.09. The van der Waals surface area contributed by atoms with Gasteiger partial charge in [-0.15, -0.1) is 0 Å². The Balaban J connectivity index is 2.03. The van der Waals surface area contributed by atoms with Gasteiger partial charge in [-0.2, -0.15) is 0 Å². The molecule has 0 atom stereocenters. The van der Waals surface area contributed by atoms with Crippen molar-refractivity contribution in [3.63, 3.8) is 0 Å². The third-order valence-corrected chi connectivity index (χ3v) is 4.58. The van der Waals surface area contributed by atoms with Crippen LogP contribution in [0.1, 0.15) is 19.4 Å². The van der Waals surface area contributed by atoms with Gasteiger partial charge in [0.05, 0.1) is 5.54 Å². The van der Waals surface area contributed by atoms with Gasteiger partial charge in [0, 0.05) is 44.2 Å². The Kier molecular flexibility index (Phi) is 5.41. The minimum atomic E-state index is -0.455. The molecule has 1 aromatic rings. The summed E-state index contributed by atoms with van der Waals surface area (Å²) in [4.78, 5) is 16.9. The molecular formula is C16H24BrN3O. The van der Waals surface area contributed by atoms with E-state index in [1.54, 1.807) is 0 Å². The molecule has 0 spiro atoms. The van der Waals surface area contributed by atoms with Crippen molar-refractivity contribution in [2.24, 2.45) is 0 Å². The molecule has 1 aliphatic heterocycles. The number of carbonyl (C=O) groups excluding carboxylic acids is 1. The van der Waals surface area contributed by atoms with E-state index < -0.39 is 5.54 Å². The molecule has 1 amide bonds. The summed E-state index contributed by atoms with van der Waals surface area (Å²) in [5.74, 6) is 0.171. The summed E-state index contributed by atoms with van der Waals surface area (Å²) < 4.78 is 1.04. The van der Waals surface area contributed by atoms with Gasteiger partial charge in [0.1, 0.15) is 0 Å². The van der Waals surface area contributed by atoms with Gasteiger partial charge in [0.25, 0.3) is 0 Å². The fourth-order valence-electron chi connectivity index (χ4n) is 2.81. The Hall–Kier alpha value is -0.910. The maximum Gasteiger partial charge on any atom is 0.242 e. The van der Waals surface area contributed by atoms with Crippen molar-refractivity contribution in [3.05, 3.63) is 34.3 Å². The van der Waals surface area contributed by atoms with Gasteiger partial charge in [-0.25, -0.2) is 0 Å². The smallest absolute Gasteiger partial charge is 0.242 e. The lowest BCUT2D eigenvalue weighted by Crippen LogP contribution is -2.60. The zero-order valence-corrected chi connectivity index (χ0v) is 14.6. The molecule has 116 valence electrons. The highest BCUT2D eigenvalue weighted by molar-refractivity contribution is 9.10. The molecular weight excluding hydrogens is 330 g/mol. The summed E-state index contributed by atoms with van der Waals surface area (Å²) >= 11 is 3.47. The summed E-state index contributed by atoms with van der Waals surface area (Å²) in [5, 5.41) is 3.33. The summed E-state index contributed by atoms with van der Waals surface area (Å²) in [5.41, 5.74) is 0.680. The minimum absolute atomic E-state index is 0.171. The highest BCUT2D eigenvalue weighted by Gasteiger charge is 2.36. The Morgan fingerprint density at radius 2 is 2.05 bits per heavy atom. The van der Waals surface area contributed by atoms with E-state index in [0.29, 0.717) is 6.54 Å². The first-order chi connectivity index (χ1) is 9.91. The van der Waals surface area contributed by atoms with Crippen molar-refractivity contribution in [2.45, 2.75) is 25.9 Å². The van der Waals surface area contributed by atoms with E-state index in [1.165, 1.54) is 0 Å². The molecule has 0 aromatic heterocycles. The highest BCUT2D eigenvalue weighted by atomic mass is 79.9. The van der Waals surface area contributed by atoms with Crippen LogP contribution < -0.4 is 5.32 Å². The molecule has 4 nitrogen and oxygen atoms in total. The van der Waals surface area contributed by atoms with E-state index >= 15 is 0 Å². The molecule has 21 heavy (non-hydrogen) atoms. The molecule has 1 saturated heterocycles. The number of halogens is 1. The predicted molar refractivity (Wildman–Crippen MR) is 89.1 cm³/mol. The Labute approximate surface area is 135 Å². The van der Waals surface area contributed by atoms with Crippen LogP contribution in [-0.2, 0) is 11.3 Å². The van der Waals surface area contributed by atoms with Gasteiger partial charge < -0.3 is 10.2 Å². The molecule has 1 aliphatic rings. The lowest BCUT2D eigenvalue weighted by Gasteiger charge is -2.41. The van der Waals surface area contributed by atoms with Gasteiger partial charge in [0.15, 0.2) is 0 Å². The zero-order chi connectivity index (χ0) is 15.5. The largest absolute Gasteiger partial charge is 0.340 e. The standard InChI is InChI=1S/C16H24BrN3O/c1-16(2,20-9-7-18-8-10-20)15(21)19(3)12-13-5-4-6-14(17)11-13/h4-6,11,18H,7-10,12H2,1-3H3. The molecule has 0 saturated carbocycles. The minimum Gasteiger partial charge on any atom is -0.340 e. The van der Waals surface area contributed by atoms with Crippen molar-refractivity contribution < 1.29 is 4.79 Å². The highest BCUT2D eigenvalue weighted by Crippen LogP contribution is 2.20. The van der Waals surface area contributed by atoms with Gasteiger partial charge in [0.2, 0.25) is 5.91 Å². The average molecular weight is 354 g/mol. The molecule has 1 fully saturated rings. The number of piperazine rings is 1. The second-order valence-corrected chi connectivity index (χ2v) is 7.00. The van der Waals surface area contributed by atoms with E-state index in [-0.39, 0.29) is 5.91 Å². The number of rotatable bonds is 4. The summed E-state index contributed by atoms with van der Waals surface area (Å²) in [6.45, 7) is 8.43. The van der Waals surface area contributed by atoms with Crippen LogP contribution in [0.5, 0.6) is 0 Å². The van der Waals surface area contributed by atoms with Crippen LogP contribution in [0, 0.1) is 0 Å². The average Bonchev–Trinajstić information content (AvgIpc) is 2.47. The SMILES string of the molecule is CN(Cc1cccc(Br)c1)C(=O)C(C)(C)N1CCNCC1. The third kappa shape index (κ3) is 4.05. The molecule has 0 unspecified atom stereocenters. The van der Waals surface area contributed by atoms with Gasteiger partial charge in [-0.05, 0) is 31.5 Å². The van der Waals surface area contributed by atoms with Gasteiger partial charge in [-0.1, -0.05) is 28.1 Å². The van der Waals surface area contributed by atoms with Crippen molar-refractivity contribution in [1.82, 2.24) is 15.1 Å². The second-order valence-electron chi connectivity index (χ2n) is 6.09. The van der Waals surface area contributed by atoms with Crippen LogP contribution in [0.3, 0.4) is 0 Å². The number of carbonyl (C=O) groups is 1. The Bertz CT molecular complexity index is 498. The summed E-state index contributed by atoms with van der Waals surface area (Å²) in [7, 11) is 1.88. The number of amides is 1. The quantitative estimate of drug-likeness (QED) is 0.900. The monoisotopic (exact) mass is 353 g/mol. The molecule has 0 bridgehead atoms. The Morgan fingerprint density at radius 1 is 1.38 bits per heavy atom. The second kappa shape index (κ2) is 6.90. The van der Waals surface area contributed by atoms with Crippen molar-refractivity contribution >= 4 is 21.8 Å². The van der Waals surface area contributed by atoms with Crippen LogP contribution in [0.25, 0.3) is 0 Å². The number of nitrogens with zero attached hydrogens (tertiary/aromatic N) is 2. The number of hydrogen-bond acceptors (Lipinski definition) is 3. The number of likely N-dealkylation sites (N-methyl/N-ethyl adjacent to an activating group) is 1. The molecule has 5 heteroatoms. The number of hydrogen-bond donors (Lipinski definition) is 1. The predicted octanol–water partition coefficient (Wildman–Crippen LogP) is 2.09. The van der Waals surface area contributed by atoms with Crippen LogP contribution in [0.2, 0.25) is 0 Å². The van der Waals surface area contributed by atoms with Crippen LogP contribution in [0.15, 0.2) is 28.7 Å². The molecule has 1 aromatic carbocycles. The lowest BCUT2D eigenvalue weighted by atomic mass is 9.99. The van der Waals surface area contributed by atoms with Gasteiger partial charge in [-0.3, -0.25) is 9.69 Å². The number of nitrogens with one attached hydrogen (secondary N) is 1. The topological polar surface area (TPSA) is 35.6 Å². The normalized spacial score (nSPS) is 16.8. The molecule has 0 radical (unpaired) electrons. The van der Waals surface area contributed by atoms with Crippen LogP contribution in [-0.4, -0.2) is 54.5 Å². The van der Waals surface area contributed by atoms with E-state index in [4.69, 9.17) is 0 Å². The lowest BCUT2D eigenvalue weighted by molar-refractivity contribution is -0.142. The van der Waals surface area contributed by atoms with Crippen molar-refractivity contribution in [3.8, 4) is 0 Å². The summed E-state index contributed by atoms with van der Waals surface area (Å²) in [6, 6.07) is 8.10. The molecule has 2 rings (SSSR count). The first-order valence-electron chi connectivity index (χ1n) is 7.37. The first-order valence-corrected chi connectivity index (χ1v) is 8.16.